The third-order valence-corrected chi connectivity index (χ3v) is 4.64. The molecule has 2 rings (SSSR count). The van der Waals surface area contributed by atoms with Crippen molar-refractivity contribution in [2.45, 2.75) is 12.3 Å². The number of hydrogen-bond acceptors (Lipinski definition) is 1. The molecule has 1 unspecified atom stereocenters. The number of halogens is 3. The Balaban J connectivity index is 2.30. The first-order valence-electron chi connectivity index (χ1n) is 5.91. The topological polar surface area (TPSA) is 20.2 Å². The standard InChI is InChI=1S/C15H13BrCl2O/c16-13-6-2-1-5-12(13)11(9-19)8-10-4-3-7-14(17)15(10)18/h1-7,11,19H,8-9H2. The van der Waals surface area contributed by atoms with Gasteiger partial charge in [-0.05, 0) is 29.7 Å². The van der Waals surface area contributed by atoms with Gasteiger partial charge in [0.1, 0.15) is 0 Å². The predicted molar refractivity (Wildman–Crippen MR) is 84.1 cm³/mol. The van der Waals surface area contributed by atoms with Gasteiger partial charge in [0.15, 0.2) is 0 Å². The van der Waals surface area contributed by atoms with Gasteiger partial charge in [0.25, 0.3) is 0 Å². The Kier molecular flexibility index (Phi) is 5.28. The summed E-state index contributed by atoms with van der Waals surface area (Å²) in [5.41, 5.74) is 2.02. The second-order valence-corrected chi connectivity index (χ2v) is 5.96. The molecule has 0 aliphatic carbocycles. The smallest absolute Gasteiger partial charge is 0.0624 e. The Labute approximate surface area is 131 Å². The van der Waals surface area contributed by atoms with Crippen molar-refractivity contribution in [1.82, 2.24) is 0 Å². The second-order valence-electron chi connectivity index (χ2n) is 4.32. The van der Waals surface area contributed by atoms with Gasteiger partial charge in [0.05, 0.1) is 16.7 Å². The van der Waals surface area contributed by atoms with Gasteiger partial charge >= 0.3 is 0 Å². The van der Waals surface area contributed by atoms with Gasteiger partial charge in [0, 0.05) is 10.4 Å². The molecule has 0 spiro atoms. The fourth-order valence-electron chi connectivity index (χ4n) is 2.05. The molecule has 0 aliphatic heterocycles. The molecule has 0 aliphatic rings. The largest absolute Gasteiger partial charge is 0.396 e. The minimum atomic E-state index is -0.00783. The number of aliphatic hydroxyl groups is 1. The molecule has 2 aromatic rings. The zero-order valence-corrected chi connectivity index (χ0v) is 13.2. The molecule has 100 valence electrons. The van der Waals surface area contributed by atoms with Crippen LogP contribution >= 0.6 is 39.1 Å². The summed E-state index contributed by atoms with van der Waals surface area (Å²) in [6.07, 6.45) is 0.651. The van der Waals surface area contributed by atoms with E-state index in [9.17, 15) is 5.11 Å². The summed E-state index contributed by atoms with van der Waals surface area (Å²) in [5.74, 6) is -0.00783. The van der Waals surface area contributed by atoms with Crippen LogP contribution in [0.2, 0.25) is 10.0 Å². The minimum Gasteiger partial charge on any atom is -0.396 e. The van der Waals surface area contributed by atoms with Crippen LogP contribution in [0, 0.1) is 0 Å². The Morgan fingerprint density at radius 2 is 1.79 bits per heavy atom. The van der Waals surface area contributed by atoms with Gasteiger partial charge < -0.3 is 5.11 Å². The highest BCUT2D eigenvalue weighted by Crippen LogP contribution is 2.32. The van der Waals surface area contributed by atoms with Gasteiger partial charge in [-0.1, -0.05) is 69.5 Å². The maximum atomic E-state index is 9.63. The van der Waals surface area contributed by atoms with Crippen LogP contribution < -0.4 is 0 Å². The molecule has 0 heterocycles. The Bertz CT molecular complexity index is 572. The van der Waals surface area contributed by atoms with E-state index in [1.54, 1.807) is 6.07 Å². The van der Waals surface area contributed by atoms with Crippen LogP contribution in [0.1, 0.15) is 17.0 Å². The zero-order valence-electron chi connectivity index (χ0n) is 10.1. The van der Waals surface area contributed by atoms with E-state index in [1.807, 2.05) is 36.4 Å². The van der Waals surface area contributed by atoms with E-state index >= 15 is 0 Å². The molecule has 0 saturated carbocycles. The summed E-state index contributed by atoms with van der Waals surface area (Å²) in [6.45, 7) is 0.0610. The van der Waals surface area contributed by atoms with Gasteiger partial charge in [-0.15, -0.1) is 0 Å². The molecule has 0 bridgehead atoms. The lowest BCUT2D eigenvalue weighted by molar-refractivity contribution is 0.264. The highest BCUT2D eigenvalue weighted by atomic mass is 79.9. The number of aliphatic hydroxyl groups excluding tert-OH is 1. The van der Waals surface area contributed by atoms with Crippen molar-refractivity contribution >= 4 is 39.1 Å². The highest BCUT2D eigenvalue weighted by Gasteiger charge is 2.16. The Hall–Kier alpha value is -0.540. The van der Waals surface area contributed by atoms with Gasteiger partial charge in [0.2, 0.25) is 0 Å². The summed E-state index contributed by atoms with van der Waals surface area (Å²) in [6, 6.07) is 13.5. The van der Waals surface area contributed by atoms with Crippen molar-refractivity contribution in [2.75, 3.05) is 6.61 Å². The quantitative estimate of drug-likeness (QED) is 0.807. The Morgan fingerprint density at radius 3 is 2.47 bits per heavy atom. The molecule has 0 saturated heterocycles. The average molecular weight is 360 g/mol. The summed E-state index contributed by atoms with van der Waals surface area (Å²) in [7, 11) is 0. The van der Waals surface area contributed by atoms with Gasteiger partial charge in [-0.3, -0.25) is 0 Å². The highest BCUT2D eigenvalue weighted by molar-refractivity contribution is 9.10. The molecule has 1 nitrogen and oxygen atoms in total. The first kappa shape index (κ1) is 14.9. The van der Waals surface area contributed by atoms with Crippen molar-refractivity contribution in [2.24, 2.45) is 0 Å². The first-order chi connectivity index (χ1) is 9.13. The van der Waals surface area contributed by atoms with Crippen LogP contribution in [0.15, 0.2) is 46.9 Å². The number of rotatable bonds is 4. The molecule has 0 aromatic heterocycles. The van der Waals surface area contributed by atoms with Crippen LogP contribution in [0.5, 0.6) is 0 Å². The number of hydrogen-bond donors (Lipinski definition) is 1. The lowest BCUT2D eigenvalue weighted by atomic mass is 9.93. The predicted octanol–water partition coefficient (Wildman–Crippen LogP) is 5.07. The van der Waals surface area contributed by atoms with Crippen LogP contribution in [0.4, 0.5) is 0 Å². The van der Waals surface area contributed by atoms with Gasteiger partial charge in [-0.2, -0.15) is 0 Å². The monoisotopic (exact) mass is 358 g/mol. The third-order valence-electron chi connectivity index (χ3n) is 3.06. The van der Waals surface area contributed by atoms with E-state index in [-0.39, 0.29) is 12.5 Å². The van der Waals surface area contributed by atoms with E-state index in [2.05, 4.69) is 15.9 Å². The molecular weight excluding hydrogens is 347 g/mol. The molecule has 4 heteroatoms. The lowest BCUT2D eigenvalue weighted by Crippen LogP contribution is -2.09. The molecule has 1 N–H and O–H groups in total. The SMILES string of the molecule is OCC(Cc1cccc(Cl)c1Cl)c1ccccc1Br. The van der Waals surface area contributed by atoms with E-state index in [0.29, 0.717) is 16.5 Å². The Morgan fingerprint density at radius 1 is 1.05 bits per heavy atom. The average Bonchev–Trinajstić information content (AvgIpc) is 2.41. The molecule has 1 atom stereocenters. The minimum absolute atomic E-state index is 0.00783. The van der Waals surface area contributed by atoms with Crippen molar-refractivity contribution < 1.29 is 5.11 Å². The summed E-state index contributed by atoms with van der Waals surface area (Å²) < 4.78 is 0.993. The maximum absolute atomic E-state index is 9.63. The third kappa shape index (κ3) is 3.51. The number of benzene rings is 2. The summed E-state index contributed by atoms with van der Waals surface area (Å²) in [4.78, 5) is 0. The van der Waals surface area contributed by atoms with Crippen LogP contribution in [0.3, 0.4) is 0 Å². The molecule has 0 amide bonds. The second kappa shape index (κ2) is 6.76. The van der Waals surface area contributed by atoms with Crippen LogP contribution in [-0.2, 0) is 6.42 Å². The van der Waals surface area contributed by atoms with E-state index < -0.39 is 0 Å². The molecule has 0 radical (unpaired) electrons. The van der Waals surface area contributed by atoms with Crippen molar-refractivity contribution in [3.63, 3.8) is 0 Å². The normalized spacial score (nSPS) is 12.4. The first-order valence-corrected chi connectivity index (χ1v) is 7.46. The van der Waals surface area contributed by atoms with Crippen LogP contribution in [0.25, 0.3) is 0 Å². The van der Waals surface area contributed by atoms with Crippen LogP contribution in [-0.4, -0.2) is 11.7 Å². The van der Waals surface area contributed by atoms with E-state index in [1.165, 1.54) is 0 Å². The van der Waals surface area contributed by atoms with Gasteiger partial charge in [-0.25, -0.2) is 0 Å². The van der Waals surface area contributed by atoms with Crippen molar-refractivity contribution in [1.29, 1.82) is 0 Å². The van der Waals surface area contributed by atoms with E-state index in [0.717, 1.165) is 15.6 Å². The molecular formula is C15H13BrCl2O. The van der Waals surface area contributed by atoms with Crippen molar-refractivity contribution in [3.05, 3.63) is 68.1 Å². The fraction of sp³-hybridized carbons (Fsp3) is 0.200. The summed E-state index contributed by atoms with van der Waals surface area (Å²) in [5, 5.41) is 10.7. The summed E-state index contributed by atoms with van der Waals surface area (Å²) >= 11 is 15.7. The molecule has 2 aromatic carbocycles. The maximum Gasteiger partial charge on any atom is 0.0624 e. The van der Waals surface area contributed by atoms with E-state index in [4.69, 9.17) is 23.2 Å². The lowest BCUT2D eigenvalue weighted by Gasteiger charge is -2.17. The fourth-order valence-corrected chi connectivity index (χ4v) is 3.06. The molecule has 19 heavy (non-hydrogen) atoms. The van der Waals surface area contributed by atoms with Crippen molar-refractivity contribution in [3.8, 4) is 0 Å². The molecule has 0 fully saturated rings. The zero-order chi connectivity index (χ0) is 13.8.